The highest BCUT2D eigenvalue weighted by atomic mass is 28.3. The number of nitrogens with zero attached hydrogens (tertiary/aromatic N) is 5. The number of anilines is 2. The van der Waals surface area contributed by atoms with Crippen molar-refractivity contribution in [3.8, 4) is 11.3 Å². The van der Waals surface area contributed by atoms with Crippen molar-refractivity contribution in [2.24, 2.45) is 5.92 Å². The summed E-state index contributed by atoms with van der Waals surface area (Å²) in [7, 11) is -1.26. The summed E-state index contributed by atoms with van der Waals surface area (Å²) in [6, 6.07) is 8.98. The van der Waals surface area contributed by atoms with Gasteiger partial charge in [0.25, 0.3) is 5.56 Å². The maximum Gasteiger partial charge on any atom is 0.261 e. The average molecular weight is 561 g/mol. The summed E-state index contributed by atoms with van der Waals surface area (Å²) >= 11 is 0. The molecule has 0 bridgehead atoms. The highest BCUT2D eigenvalue weighted by molar-refractivity contribution is 6.76. The Morgan fingerprint density at radius 3 is 2.67 bits per heavy atom. The zero-order chi connectivity index (χ0) is 27.9. The van der Waals surface area contributed by atoms with Gasteiger partial charge in [-0.25, -0.2) is 9.50 Å². The van der Waals surface area contributed by atoms with Crippen LogP contribution in [-0.2, 0) is 21.0 Å². The van der Waals surface area contributed by atoms with Crippen LogP contribution < -0.4 is 15.8 Å². The highest BCUT2D eigenvalue weighted by Crippen LogP contribution is 2.32. The number of carbonyl (C=O) groups is 1. The Hall–Kier alpha value is -3.54. The molecule has 10 nitrogen and oxygen atoms in total. The maximum atomic E-state index is 13.5. The first-order chi connectivity index (χ1) is 19.2. The number of hydrogen-bond donors (Lipinski definition) is 1. The van der Waals surface area contributed by atoms with E-state index in [2.05, 4.69) is 47.0 Å². The smallest absolute Gasteiger partial charge is 0.261 e. The van der Waals surface area contributed by atoms with E-state index in [1.807, 2.05) is 23.0 Å². The number of fused-ring (bicyclic) bond motifs is 2. The summed E-state index contributed by atoms with van der Waals surface area (Å²) in [4.78, 5) is 32.6. The van der Waals surface area contributed by atoms with Crippen LogP contribution in [0.3, 0.4) is 0 Å². The van der Waals surface area contributed by atoms with Crippen LogP contribution in [0.1, 0.15) is 12.8 Å². The van der Waals surface area contributed by atoms with Crippen LogP contribution in [-0.4, -0.2) is 66.1 Å². The zero-order valence-corrected chi connectivity index (χ0v) is 24.4. The lowest BCUT2D eigenvalue weighted by molar-refractivity contribution is -0.117. The number of pyridine rings is 3. The number of ether oxygens (including phenoxy) is 2. The van der Waals surface area contributed by atoms with Crippen LogP contribution in [0.2, 0.25) is 25.7 Å². The Morgan fingerprint density at radius 2 is 1.93 bits per heavy atom. The van der Waals surface area contributed by atoms with Crippen molar-refractivity contribution < 1.29 is 14.3 Å². The van der Waals surface area contributed by atoms with Gasteiger partial charge < -0.3 is 19.7 Å². The Balaban J connectivity index is 1.39. The number of nitrogens with one attached hydrogen (secondary N) is 1. The van der Waals surface area contributed by atoms with Gasteiger partial charge in [0.15, 0.2) is 0 Å². The number of amides is 1. The minimum atomic E-state index is -1.26. The molecule has 1 N–H and O–H groups in total. The molecule has 5 heterocycles. The molecule has 40 heavy (non-hydrogen) atoms. The second kappa shape index (κ2) is 10.8. The van der Waals surface area contributed by atoms with Crippen molar-refractivity contribution in [1.82, 2.24) is 19.2 Å². The van der Waals surface area contributed by atoms with Gasteiger partial charge in [0, 0.05) is 57.0 Å². The number of rotatable bonds is 9. The van der Waals surface area contributed by atoms with E-state index in [1.54, 1.807) is 16.8 Å². The Kier molecular flexibility index (Phi) is 7.19. The van der Waals surface area contributed by atoms with Crippen LogP contribution in [0.5, 0.6) is 0 Å². The second-order valence-corrected chi connectivity index (χ2v) is 17.6. The third-order valence-electron chi connectivity index (χ3n) is 7.49. The minimum Gasteiger partial charge on any atom is -0.378 e. The molecule has 4 aromatic heterocycles. The lowest BCUT2D eigenvalue weighted by Crippen LogP contribution is -2.36. The second-order valence-electron chi connectivity index (χ2n) is 11.9. The molecule has 0 atom stereocenters. The van der Waals surface area contributed by atoms with Crippen LogP contribution >= 0.6 is 0 Å². The van der Waals surface area contributed by atoms with Crippen molar-refractivity contribution in [3.05, 3.63) is 53.2 Å². The molecule has 11 heteroatoms. The quantitative estimate of drug-likeness (QED) is 0.242. The Bertz CT molecular complexity index is 1610. The number of aromatic nitrogens is 4. The summed E-state index contributed by atoms with van der Waals surface area (Å²) in [5, 5.41) is 8.99. The molecule has 1 saturated heterocycles. The molecule has 2 aliphatic rings. The molecule has 4 aromatic rings. The molecule has 6 rings (SSSR count). The molecular weight excluding hydrogens is 524 g/mol. The van der Waals surface area contributed by atoms with E-state index in [9.17, 15) is 9.59 Å². The fourth-order valence-corrected chi connectivity index (χ4v) is 5.64. The van der Waals surface area contributed by atoms with Gasteiger partial charge in [-0.3, -0.25) is 14.2 Å². The number of morpholine rings is 1. The molecule has 0 spiro atoms. The van der Waals surface area contributed by atoms with Gasteiger partial charge in [0.05, 0.1) is 41.7 Å². The van der Waals surface area contributed by atoms with E-state index in [-0.39, 0.29) is 24.1 Å². The average Bonchev–Trinajstić information content (AvgIpc) is 3.71. The Morgan fingerprint density at radius 1 is 1.12 bits per heavy atom. The third-order valence-corrected chi connectivity index (χ3v) is 9.20. The molecule has 1 amide bonds. The van der Waals surface area contributed by atoms with Gasteiger partial charge in [0.2, 0.25) is 5.91 Å². The zero-order valence-electron chi connectivity index (χ0n) is 23.4. The summed E-state index contributed by atoms with van der Waals surface area (Å²) in [5.74, 6) is 0.464. The first-order valence-corrected chi connectivity index (χ1v) is 17.7. The molecule has 1 aliphatic heterocycles. The maximum absolute atomic E-state index is 13.5. The minimum absolute atomic E-state index is 0.0269. The van der Waals surface area contributed by atoms with Crippen molar-refractivity contribution in [3.63, 3.8) is 0 Å². The number of carbonyl (C=O) groups excluding carboxylic acids is 1. The monoisotopic (exact) mass is 560 g/mol. The van der Waals surface area contributed by atoms with E-state index in [0.717, 1.165) is 54.4 Å². The van der Waals surface area contributed by atoms with E-state index in [4.69, 9.17) is 14.6 Å². The predicted octanol–water partition coefficient (Wildman–Crippen LogP) is 4.21. The molecule has 0 unspecified atom stereocenters. The van der Waals surface area contributed by atoms with Crippen LogP contribution in [0.25, 0.3) is 27.5 Å². The fraction of sp³-hybridized carbons (Fsp3) is 0.448. The molecule has 1 saturated carbocycles. The van der Waals surface area contributed by atoms with Gasteiger partial charge in [-0.05, 0) is 43.2 Å². The van der Waals surface area contributed by atoms with Gasteiger partial charge in [-0.15, -0.1) is 0 Å². The molecule has 1 aliphatic carbocycles. The molecule has 2 fully saturated rings. The standard InChI is InChI=1S/C29H36N6O4Si/c1-40(2,3)13-12-39-19-34-18-25(23-15-27(30-16-24(23)29(34)37)31-28(36)20-4-5-20)26-14-21-6-7-22(17-35(21)32-26)33-8-10-38-11-9-33/h6-7,14-18,20H,4-5,8-13,19H2,1-3H3,(H,30,31,36). The summed E-state index contributed by atoms with van der Waals surface area (Å²) < 4.78 is 14.9. The van der Waals surface area contributed by atoms with Crippen molar-refractivity contribution >= 4 is 41.8 Å². The summed E-state index contributed by atoms with van der Waals surface area (Å²) in [6.45, 7) is 10.8. The Labute approximate surface area is 233 Å². The largest absolute Gasteiger partial charge is 0.378 e. The first kappa shape index (κ1) is 26.7. The molecule has 0 radical (unpaired) electrons. The van der Waals surface area contributed by atoms with Crippen LogP contribution in [0.4, 0.5) is 11.5 Å². The van der Waals surface area contributed by atoms with E-state index in [1.165, 1.54) is 0 Å². The molecular formula is C29H36N6O4Si. The van der Waals surface area contributed by atoms with Crippen molar-refractivity contribution in [2.75, 3.05) is 43.1 Å². The lowest BCUT2D eigenvalue weighted by atomic mass is 10.1. The van der Waals surface area contributed by atoms with E-state index in [0.29, 0.717) is 36.4 Å². The van der Waals surface area contributed by atoms with Crippen LogP contribution in [0, 0.1) is 5.92 Å². The van der Waals surface area contributed by atoms with Crippen LogP contribution in [0.15, 0.2) is 47.7 Å². The van der Waals surface area contributed by atoms with Crippen molar-refractivity contribution in [2.45, 2.75) is 45.3 Å². The lowest BCUT2D eigenvalue weighted by Gasteiger charge is -2.28. The highest BCUT2D eigenvalue weighted by Gasteiger charge is 2.30. The van der Waals surface area contributed by atoms with Gasteiger partial charge in [0.1, 0.15) is 12.5 Å². The van der Waals surface area contributed by atoms with E-state index < -0.39 is 8.07 Å². The summed E-state index contributed by atoms with van der Waals surface area (Å²) in [6.07, 6.45) is 7.21. The topological polar surface area (TPSA) is 103 Å². The fourth-order valence-electron chi connectivity index (χ4n) is 4.89. The molecule has 210 valence electrons. The SMILES string of the molecule is C[Si](C)(C)CCOCn1cc(-c2cc3ccc(N4CCOCC4)cn3n2)c2cc(NC(=O)C3CC3)ncc2c1=O. The summed E-state index contributed by atoms with van der Waals surface area (Å²) in [5.41, 5.74) is 3.36. The first-order valence-electron chi connectivity index (χ1n) is 14.0. The van der Waals surface area contributed by atoms with Crippen molar-refractivity contribution in [1.29, 1.82) is 0 Å². The van der Waals surface area contributed by atoms with Gasteiger partial charge >= 0.3 is 0 Å². The van der Waals surface area contributed by atoms with Gasteiger partial charge in [-0.2, -0.15) is 5.10 Å². The molecule has 0 aromatic carbocycles. The number of hydrogen-bond acceptors (Lipinski definition) is 7. The predicted molar refractivity (Wildman–Crippen MR) is 159 cm³/mol. The normalized spacial score (nSPS) is 16.1. The van der Waals surface area contributed by atoms with Gasteiger partial charge in [-0.1, -0.05) is 19.6 Å². The third kappa shape index (κ3) is 5.81. The van der Waals surface area contributed by atoms with E-state index >= 15 is 0 Å².